The summed E-state index contributed by atoms with van der Waals surface area (Å²) >= 11 is 0. The third-order valence-electron chi connectivity index (χ3n) is 3.97. The number of imidazole rings is 1. The second-order valence-corrected chi connectivity index (χ2v) is 5.74. The number of aromatic nitrogens is 2. The Kier molecular flexibility index (Phi) is 3.41. The molecule has 5 nitrogen and oxygen atoms in total. The molecule has 0 radical (unpaired) electrons. The maximum atomic E-state index is 12.5. The number of carbonyl (C=O) groups excluding carboxylic acids is 1. The van der Waals surface area contributed by atoms with Crippen molar-refractivity contribution >= 4 is 16.9 Å². The van der Waals surface area contributed by atoms with Gasteiger partial charge in [0.1, 0.15) is 6.54 Å². The number of carbonyl (C=O) groups is 1. The molecule has 1 aromatic carbocycles. The lowest BCUT2D eigenvalue weighted by molar-refractivity contribution is -0.132. The lowest BCUT2D eigenvalue weighted by atomic mass is 10.0. The summed E-state index contributed by atoms with van der Waals surface area (Å²) in [5.41, 5.74) is 1.29. The molecule has 0 saturated heterocycles. The quantitative estimate of drug-likeness (QED) is 0.874. The lowest BCUT2D eigenvalue weighted by Crippen LogP contribution is -2.41. The first-order valence-corrected chi connectivity index (χ1v) is 7.21. The first kappa shape index (κ1) is 13.7. The molecule has 0 saturated carbocycles. The molecule has 21 heavy (non-hydrogen) atoms. The molecule has 0 spiro atoms. The summed E-state index contributed by atoms with van der Waals surface area (Å²) in [7, 11) is 0. The third-order valence-corrected chi connectivity index (χ3v) is 3.97. The summed E-state index contributed by atoms with van der Waals surface area (Å²) < 4.78 is 1.51. The Hall–Kier alpha value is -2.30. The van der Waals surface area contributed by atoms with Gasteiger partial charge in [0.2, 0.25) is 5.91 Å². The summed E-state index contributed by atoms with van der Waals surface area (Å²) in [6.45, 7) is 4.89. The number of nitrogens with one attached hydrogen (secondary N) is 1. The van der Waals surface area contributed by atoms with Gasteiger partial charge in [-0.25, -0.2) is 4.79 Å². The highest BCUT2D eigenvalue weighted by Gasteiger charge is 2.27. The molecule has 1 N–H and O–H groups in total. The average Bonchev–Trinajstić information content (AvgIpc) is 3.04. The topological polar surface area (TPSA) is 58.1 Å². The SMILES string of the molecule is CC(C)C1C=CCN1C(=O)Cn1c(=O)[nH]c2ccccc21. The molecule has 3 rings (SSSR count). The largest absolute Gasteiger partial charge is 0.331 e. The number of hydrogen-bond acceptors (Lipinski definition) is 2. The van der Waals surface area contributed by atoms with Crippen LogP contribution in [-0.2, 0) is 11.3 Å². The zero-order chi connectivity index (χ0) is 15.0. The molecule has 2 heterocycles. The molecule has 2 aromatic rings. The van der Waals surface area contributed by atoms with E-state index in [1.165, 1.54) is 4.57 Å². The number of rotatable bonds is 3. The van der Waals surface area contributed by atoms with Crippen LogP contribution in [0.2, 0.25) is 0 Å². The van der Waals surface area contributed by atoms with Crippen LogP contribution in [0.3, 0.4) is 0 Å². The van der Waals surface area contributed by atoms with Gasteiger partial charge < -0.3 is 9.88 Å². The van der Waals surface area contributed by atoms with Crippen molar-refractivity contribution in [1.82, 2.24) is 14.5 Å². The van der Waals surface area contributed by atoms with E-state index in [0.717, 1.165) is 11.0 Å². The number of hydrogen-bond donors (Lipinski definition) is 1. The predicted molar refractivity (Wildman–Crippen MR) is 82.0 cm³/mol. The van der Waals surface area contributed by atoms with Crippen molar-refractivity contribution in [3.63, 3.8) is 0 Å². The Morgan fingerprint density at radius 3 is 2.90 bits per heavy atom. The molecule has 1 unspecified atom stereocenters. The van der Waals surface area contributed by atoms with Crippen LogP contribution in [0.1, 0.15) is 13.8 Å². The van der Waals surface area contributed by atoms with Crippen LogP contribution in [0.4, 0.5) is 0 Å². The first-order valence-electron chi connectivity index (χ1n) is 7.21. The van der Waals surface area contributed by atoms with Gasteiger partial charge in [0.05, 0.1) is 17.1 Å². The number of amides is 1. The zero-order valence-corrected chi connectivity index (χ0v) is 12.2. The van der Waals surface area contributed by atoms with Crippen molar-refractivity contribution in [3.8, 4) is 0 Å². The predicted octanol–water partition coefficient (Wildman–Crippen LogP) is 1.75. The summed E-state index contributed by atoms with van der Waals surface area (Å²) in [5.74, 6) is 0.345. The molecule has 0 aliphatic carbocycles. The van der Waals surface area contributed by atoms with Gasteiger partial charge in [0.25, 0.3) is 0 Å². The minimum Gasteiger partial charge on any atom is -0.331 e. The van der Waals surface area contributed by atoms with E-state index in [1.54, 1.807) is 0 Å². The fourth-order valence-corrected chi connectivity index (χ4v) is 2.88. The fourth-order valence-electron chi connectivity index (χ4n) is 2.88. The van der Waals surface area contributed by atoms with Gasteiger partial charge >= 0.3 is 5.69 Å². The number of aromatic amines is 1. The summed E-state index contributed by atoms with van der Waals surface area (Å²) in [6, 6.07) is 7.54. The molecule has 1 aliphatic heterocycles. The lowest BCUT2D eigenvalue weighted by Gasteiger charge is -2.27. The molecule has 1 aliphatic rings. The van der Waals surface area contributed by atoms with Crippen molar-refractivity contribution in [3.05, 3.63) is 46.9 Å². The second-order valence-electron chi connectivity index (χ2n) is 5.74. The summed E-state index contributed by atoms with van der Waals surface area (Å²) in [5, 5.41) is 0. The monoisotopic (exact) mass is 285 g/mol. The van der Waals surface area contributed by atoms with Crippen LogP contribution in [0.5, 0.6) is 0 Å². The van der Waals surface area contributed by atoms with Gasteiger partial charge in [-0.05, 0) is 18.1 Å². The van der Waals surface area contributed by atoms with Crippen LogP contribution in [0.15, 0.2) is 41.2 Å². The van der Waals surface area contributed by atoms with Crippen LogP contribution in [0, 0.1) is 5.92 Å². The zero-order valence-electron chi connectivity index (χ0n) is 12.2. The Morgan fingerprint density at radius 2 is 2.14 bits per heavy atom. The fraction of sp³-hybridized carbons (Fsp3) is 0.375. The van der Waals surface area contributed by atoms with Gasteiger partial charge in [0.15, 0.2) is 0 Å². The van der Waals surface area contributed by atoms with Crippen LogP contribution in [-0.4, -0.2) is 32.9 Å². The number of fused-ring (bicyclic) bond motifs is 1. The van der Waals surface area contributed by atoms with E-state index in [1.807, 2.05) is 35.2 Å². The minimum atomic E-state index is -0.238. The molecule has 0 fully saturated rings. The number of benzene rings is 1. The third kappa shape index (κ3) is 2.39. The average molecular weight is 285 g/mol. The number of nitrogens with zero attached hydrogens (tertiary/aromatic N) is 2. The van der Waals surface area contributed by atoms with Gasteiger partial charge in [-0.3, -0.25) is 9.36 Å². The second kappa shape index (κ2) is 5.24. The van der Waals surface area contributed by atoms with Gasteiger partial charge in [-0.2, -0.15) is 0 Å². The number of H-pyrrole nitrogens is 1. The van der Waals surface area contributed by atoms with Crippen molar-refractivity contribution in [1.29, 1.82) is 0 Å². The Balaban J connectivity index is 1.87. The van der Waals surface area contributed by atoms with Crippen molar-refractivity contribution in [2.24, 2.45) is 5.92 Å². The highest BCUT2D eigenvalue weighted by atomic mass is 16.2. The minimum absolute atomic E-state index is 0.0226. The standard InChI is InChI=1S/C16H19N3O2/c1-11(2)13-8-5-9-18(13)15(20)10-19-14-7-4-3-6-12(14)17-16(19)21/h3-8,11,13H,9-10H2,1-2H3,(H,17,21). The summed E-state index contributed by atoms with van der Waals surface area (Å²) in [4.78, 5) is 29.2. The Bertz CT molecular complexity index is 754. The van der Waals surface area contributed by atoms with Crippen LogP contribution in [0.25, 0.3) is 11.0 Å². The molecular weight excluding hydrogens is 266 g/mol. The van der Waals surface area contributed by atoms with Crippen LogP contribution < -0.4 is 5.69 Å². The van der Waals surface area contributed by atoms with Crippen molar-refractivity contribution in [2.75, 3.05) is 6.54 Å². The van der Waals surface area contributed by atoms with Gasteiger partial charge in [-0.1, -0.05) is 38.1 Å². The van der Waals surface area contributed by atoms with E-state index in [9.17, 15) is 9.59 Å². The van der Waals surface area contributed by atoms with E-state index >= 15 is 0 Å². The van der Waals surface area contributed by atoms with E-state index in [-0.39, 0.29) is 24.2 Å². The number of para-hydroxylation sites is 2. The van der Waals surface area contributed by atoms with E-state index in [2.05, 4.69) is 24.9 Å². The van der Waals surface area contributed by atoms with Gasteiger partial charge in [-0.15, -0.1) is 0 Å². The Labute approximate surface area is 122 Å². The van der Waals surface area contributed by atoms with Crippen LogP contribution >= 0.6 is 0 Å². The highest BCUT2D eigenvalue weighted by Crippen LogP contribution is 2.18. The maximum Gasteiger partial charge on any atom is 0.326 e. The summed E-state index contributed by atoms with van der Waals surface area (Å²) in [6.07, 6.45) is 4.08. The van der Waals surface area contributed by atoms with Crippen molar-refractivity contribution in [2.45, 2.75) is 26.4 Å². The van der Waals surface area contributed by atoms with Crippen molar-refractivity contribution < 1.29 is 4.79 Å². The van der Waals surface area contributed by atoms with Gasteiger partial charge in [0, 0.05) is 6.54 Å². The van der Waals surface area contributed by atoms with E-state index in [0.29, 0.717) is 12.5 Å². The molecular formula is C16H19N3O2. The first-order chi connectivity index (χ1) is 10.1. The highest BCUT2D eigenvalue weighted by molar-refractivity contribution is 5.81. The smallest absolute Gasteiger partial charge is 0.326 e. The maximum absolute atomic E-state index is 12.5. The molecule has 1 amide bonds. The Morgan fingerprint density at radius 1 is 1.38 bits per heavy atom. The van der Waals surface area contributed by atoms with E-state index in [4.69, 9.17) is 0 Å². The molecule has 0 bridgehead atoms. The molecule has 1 atom stereocenters. The molecule has 5 heteroatoms. The molecule has 1 aromatic heterocycles. The molecule has 110 valence electrons. The normalized spacial score (nSPS) is 18.0. The van der Waals surface area contributed by atoms with E-state index < -0.39 is 0 Å².